The van der Waals surface area contributed by atoms with Crippen LogP contribution in [0.2, 0.25) is 5.02 Å². The van der Waals surface area contributed by atoms with E-state index in [9.17, 15) is 14.4 Å². The predicted molar refractivity (Wildman–Crippen MR) is 135 cm³/mol. The SMILES string of the molecule is Cc1cccc(N2C(=O)/C(=C\c3ccc(Cl)cc3)C(=O)N(c3cccc4ccccc34)C2=O)c1. The Morgan fingerprint density at radius 3 is 2.18 bits per heavy atom. The Balaban J connectivity index is 1.72. The number of barbiturate groups is 1. The largest absolute Gasteiger partial charge is 0.343 e. The molecular formula is C28H19ClN2O3. The number of fused-ring (bicyclic) bond motifs is 1. The van der Waals surface area contributed by atoms with Crippen molar-refractivity contribution in [3.05, 3.63) is 113 Å². The molecule has 6 heteroatoms. The second-order valence-corrected chi connectivity index (χ2v) is 8.45. The molecule has 4 amide bonds. The molecule has 166 valence electrons. The average molecular weight is 467 g/mol. The molecule has 5 nitrogen and oxygen atoms in total. The van der Waals surface area contributed by atoms with Gasteiger partial charge in [0.1, 0.15) is 5.57 Å². The number of halogens is 1. The van der Waals surface area contributed by atoms with Gasteiger partial charge >= 0.3 is 6.03 Å². The van der Waals surface area contributed by atoms with Gasteiger partial charge in [0.05, 0.1) is 11.4 Å². The number of rotatable bonds is 3. The van der Waals surface area contributed by atoms with Crippen LogP contribution >= 0.6 is 11.6 Å². The third kappa shape index (κ3) is 3.76. The number of imide groups is 2. The normalized spacial score (nSPS) is 15.5. The summed E-state index contributed by atoms with van der Waals surface area (Å²) >= 11 is 5.99. The number of amides is 4. The van der Waals surface area contributed by atoms with Crippen molar-refractivity contribution in [2.45, 2.75) is 6.92 Å². The topological polar surface area (TPSA) is 57.7 Å². The number of anilines is 2. The van der Waals surface area contributed by atoms with E-state index in [-0.39, 0.29) is 5.57 Å². The molecule has 0 spiro atoms. The van der Waals surface area contributed by atoms with E-state index in [1.54, 1.807) is 54.6 Å². The lowest BCUT2D eigenvalue weighted by molar-refractivity contribution is -0.121. The monoisotopic (exact) mass is 466 g/mol. The first-order chi connectivity index (χ1) is 16.4. The maximum atomic E-state index is 13.7. The van der Waals surface area contributed by atoms with Gasteiger partial charge in [0.15, 0.2) is 0 Å². The van der Waals surface area contributed by atoms with Crippen molar-refractivity contribution < 1.29 is 14.4 Å². The molecule has 5 rings (SSSR count). The minimum absolute atomic E-state index is 0.114. The summed E-state index contributed by atoms with van der Waals surface area (Å²) in [4.78, 5) is 43.0. The molecule has 0 atom stereocenters. The molecule has 1 fully saturated rings. The summed E-state index contributed by atoms with van der Waals surface area (Å²) in [6, 6.07) is 26.0. The van der Waals surface area contributed by atoms with E-state index in [0.717, 1.165) is 26.1 Å². The summed E-state index contributed by atoms with van der Waals surface area (Å²) in [6.45, 7) is 1.88. The standard InChI is InChI=1S/C28H19ClN2O3/c1-18-6-4-9-22(16-18)30-26(32)24(17-19-12-14-21(29)15-13-19)27(33)31(28(30)34)25-11-5-8-20-7-2-3-10-23(20)25/h2-17H,1H3/b24-17+. The van der Waals surface area contributed by atoms with E-state index in [0.29, 0.717) is 22.0 Å². The van der Waals surface area contributed by atoms with E-state index >= 15 is 0 Å². The summed E-state index contributed by atoms with van der Waals surface area (Å²) in [5.41, 5.74) is 2.21. The minimum atomic E-state index is -0.717. The average Bonchev–Trinajstić information content (AvgIpc) is 2.83. The molecular weight excluding hydrogens is 448 g/mol. The van der Waals surface area contributed by atoms with Crippen LogP contribution in [-0.2, 0) is 9.59 Å². The summed E-state index contributed by atoms with van der Waals surface area (Å²) < 4.78 is 0. The van der Waals surface area contributed by atoms with E-state index in [4.69, 9.17) is 11.6 Å². The molecule has 0 N–H and O–H groups in total. The molecule has 1 aliphatic rings. The van der Waals surface area contributed by atoms with Crippen molar-refractivity contribution in [3.8, 4) is 0 Å². The lowest BCUT2D eigenvalue weighted by Crippen LogP contribution is -2.57. The molecule has 34 heavy (non-hydrogen) atoms. The van der Waals surface area contributed by atoms with Gasteiger partial charge in [-0.2, -0.15) is 0 Å². The number of hydrogen-bond acceptors (Lipinski definition) is 3. The molecule has 0 radical (unpaired) electrons. The molecule has 1 aliphatic heterocycles. The number of nitrogens with zero attached hydrogens (tertiary/aromatic N) is 2. The highest BCUT2D eigenvalue weighted by atomic mass is 35.5. The summed E-state index contributed by atoms with van der Waals surface area (Å²) in [5.74, 6) is -1.35. The van der Waals surface area contributed by atoms with Gasteiger partial charge in [0.25, 0.3) is 11.8 Å². The Labute approximate surface area is 201 Å². The van der Waals surface area contributed by atoms with Crippen molar-refractivity contribution in [2.24, 2.45) is 0 Å². The van der Waals surface area contributed by atoms with Gasteiger partial charge in [-0.1, -0.05) is 72.3 Å². The van der Waals surface area contributed by atoms with Gasteiger partial charge in [-0.05, 0) is 59.8 Å². The smallest absolute Gasteiger partial charge is 0.268 e. The minimum Gasteiger partial charge on any atom is -0.268 e. The van der Waals surface area contributed by atoms with Crippen LogP contribution < -0.4 is 9.80 Å². The predicted octanol–water partition coefficient (Wildman–Crippen LogP) is 6.39. The maximum Gasteiger partial charge on any atom is 0.343 e. The third-order valence-corrected chi connectivity index (χ3v) is 5.95. The Morgan fingerprint density at radius 2 is 1.41 bits per heavy atom. The molecule has 4 aromatic rings. The Kier molecular flexibility index (Phi) is 5.48. The van der Waals surface area contributed by atoms with Gasteiger partial charge in [-0.3, -0.25) is 9.59 Å². The van der Waals surface area contributed by atoms with Crippen LogP contribution in [-0.4, -0.2) is 17.8 Å². The van der Waals surface area contributed by atoms with Crippen LogP contribution in [0.4, 0.5) is 16.2 Å². The van der Waals surface area contributed by atoms with Crippen LogP contribution in [0.15, 0.2) is 96.6 Å². The zero-order valence-corrected chi connectivity index (χ0v) is 19.0. The number of carbonyl (C=O) groups excluding carboxylic acids is 3. The second kappa shape index (κ2) is 8.61. The first kappa shape index (κ1) is 21.6. The van der Waals surface area contributed by atoms with E-state index < -0.39 is 17.8 Å². The van der Waals surface area contributed by atoms with Crippen LogP contribution in [0.25, 0.3) is 16.8 Å². The fraction of sp³-hybridized carbons (Fsp3) is 0.0357. The third-order valence-electron chi connectivity index (χ3n) is 5.70. The van der Waals surface area contributed by atoms with Gasteiger partial charge in [0, 0.05) is 10.4 Å². The molecule has 0 aliphatic carbocycles. The highest BCUT2D eigenvalue weighted by Crippen LogP contribution is 2.34. The highest BCUT2D eigenvalue weighted by molar-refractivity contribution is 6.46. The van der Waals surface area contributed by atoms with Crippen molar-refractivity contribution in [2.75, 3.05) is 9.80 Å². The van der Waals surface area contributed by atoms with Gasteiger partial charge < -0.3 is 0 Å². The molecule has 0 aromatic heterocycles. The van der Waals surface area contributed by atoms with Crippen LogP contribution in [0, 0.1) is 6.92 Å². The van der Waals surface area contributed by atoms with Crippen molar-refractivity contribution in [3.63, 3.8) is 0 Å². The molecule has 4 aromatic carbocycles. The van der Waals surface area contributed by atoms with Gasteiger partial charge in [0.2, 0.25) is 0 Å². The number of aryl methyl sites for hydroxylation is 1. The Morgan fingerprint density at radius 1 is 0.735 bits per heavy atom. The number of carbonyl (C=O) groups is 3. The number of benzene rings is 4. The molecule has 1 heterocycles. The molecule has 0 saturated carbocycles. The molecule has 1 saturated heterocycles. The molecule has 0 bridgehead atoms. The number of urea groups is 1. The first-order valence-electron chi connectivity index (χ1n) is 10.7. The fourth-order valence-corrected chi connectivity index (χ4v) is 4.19. The van der Waals surface area contributed by atoms with E-state index in [2.05, 4.69) is 0 Å². The highest BCUT2D eigenvalue weighted by Gasteiger charge is 2.44. The van der Waals surface area contributed by atoms with Gasteiger partial charge in [-0.15, -0.1) is 0 Å². The quantitative estimate of drug-likeness (QED) is 0.260. The lowest BCUT2D eigenvalue weighted by atomic mass is 10.0. The zero-order chi connectivity index (χ0) is 23.8. The summed E-state index contributed by atoms with van der Waals surface area (Å²) in [6.07, 6.45) is 1.49. The Hall–Kier alpha value is -4.22. The van der Waals surface area contributed by atoms with Crippen LogP contribution in [0.5, 0.6) is 0 Å². The first-order valence-corrected chi connectivity index (χ1v) is 11.1. The van der Waals surface area contributed by atoms with Crippen molar-refractivity contribution in [1.82, 2.24) is 0 Å². The summed E-state index contributed by atoms with van der Waals surface area (Å²) in [5, 5.41) is 2.15. The van der Waals surface area contributed by atoms with E-state index in [1.807, 2.05) is 43.3 Å². The van der Waals surface area contributed by atoms with Crippen LogP contribution in [0.3, 0.4) is 0 Å². The van der Waals surface area contributed by atoms with E-state index in [1.165, 1.54) is 6.08 Å². The second-order valence-electron chi connectivity index (χ2n) is 8.01. The van der Waals surface area contributed by atoms with Gasteiger partial charge in [-0.25, -0.2) is 14.6 Å². The lowest BCUT2D eigenvalue weighted by Gasteiger charge is -2.34. The maximum absolute atomic E-state index is 13.7. The fourth-order valence-electron chi connectivity index (χ4n) is 4.07. The van der Waals surface area contributed by atoms with Crippen molar-refractivity contribution >= 4 is 57.7 Å². The number of hydrogen-bond donors (Lipinski definition) is 0. The zero-order valence-electron chi connectivity index (χ0n) is 18.2. The van der Waals surface area contributed by atoms with Crippen LogP contribution in [0.1, 0.15) is 11.1 Å². The molecule has 0 unspecified atom stereocenters. The Bertz CT molecular complexity index is 1490. The summed E-state index contributed by atoms with van der Waals surface area (Å²) in [7, 11) is 0. The van der Waals surface area contributed by atoms with Crippen molar-refractivity contribution in [1.29, 1.82) is 0 Å².